The highest BCUT2D eigenvalue weighted by Gasteiger charge is 2.10. The molecule has 1 N–H and O–H groups in total. The maximum absolute atomic E-state index is 10.8. The highest BCUT2D eigenvalue weighted by molar-refractivity contribution is 5.84. The Bertz CT molecular complexity index is 694. The molecule has 0 aliphatic rings. The number of phenolic OH excluding ortho intramolecular Hbond substituents is 1. The van der Waals surface area contributed by atoms with Crippen LogP contribution in [0.4, 0.5) is 5.69 Å². The lowest BCUT2D eigenvalue weighted by atomic mass is 10.0. The summed E-state index contributed by atoms with van der Waals surface area (Å²) in [5.41, 5.74) is 2.54. The van der Waals surface area contributed by atoms with Crippen molar-refractivity contribution in [1.29, 1.82) is 0 Å². The Labute approximate surface area is 129 Å². The zero-order valence-electron chi connectivity index (χ0n) is 12.6. The maximum Gasteiger partial charge on any atom is 0.270 e. The summed E-state index contributed by atoms with van der Waals surface area (Å²) in [4.78, 5) is 14.8. The van der Waals surface area contributed by atoms with Gasteiger partial charge in [-0.05, 0) is 25.0 Å². The molecule has 5 nitrogen and oxygen atoms in total. The third-order valence-corrected chi connectivity index (χ3v) is 3.46. The van der Waals surface area contributed by atoms with Crippen molar-refractivity contribution in [1.82, 2.24) is 0 Å². The Morgan fingerprint density at radius 1 is 1.27 bits per heavy atom. The van der Waals surface area contributed by atoms with Gasteiger partial charge in [0.1, 0.15) is 5.75 Å². The molecule has 2 aromatic carbocycles. The molecule has 0 aliphatic carbocycles. The lowest BCUT2D eigenvalue weighted by Crippen LogP contribution is -1.96. The fraction of sp³-hybridized carbons (Fsp3) is 0.235. The molecule has 0 heterocycles. The number of nitro benzene ring substituents is 1. The maximum atomic E-state index is 10.8. The van der Waals surface area contributed by atoms with Crippen LogP contribution in [0, 0.1) is 17.0 Å². The van der Waals surface area contributed by atoms with E-state index in [4.69, 9.17) is 0 Å². The third-order valence-electron chi connectivity index (χ3n) is 3.46. The topological polar surface area (TPSA) is 75.7 Å². The zero-order chi connectivity index (χ0) is 16.1. The minimum atomic E-state index is -0.492. The molecular weight excluding hydrogens is 280 g/mol. The molecule has 1 atom stereocenters. The van der Waals surface area contributed by atoms with E-state index in [-0.39, 0.29) is 17.5 Å². The highest BCUT2D eigenvalue weighted by atomic mass is 16.6. The molecule has 5 heteroatoms. The van der Waals surface area contributed by atoms with Crippen LogP contribution in [0.25, 0.3) is 0 Å². The summed E-state index contributed by atoms with van der Waals surface area (Å²) in [6.07, 6.45) is 2.30. The summed E-state index contributed by atoms with van der Waals surface area (Å²) in [5.74, 6) is -0.0203. The smallest absolute Gasteiger partial charge is 0.270 e. The summed E-state index contributed by atoms with van der Waals surface area (Å²) < 4.78 is 0. The van der Waals surface area contributed by atoms with Gasteiger partial charge in [-0.15, -0.1) is 0 Å². The van der Waals surface area contributed by atoms with Gasteiger partial charge in [-0.3, -0.25) is 15.1 Å². The number of hydrogen-bond acceptors (Lipinski definition) is 4. The van der Waals surface area contributed by atoms with E-state index in [1.165, 1.54) is 30.0 Å². The van der Waals surface area contributed by atoms with Crippen LogP contribution in [-0.2, 0) is 0 Å². The lowest BCUT2D eigenvalue weighted by molar-refractivity contribution is -0.384. The second-order valence-electron chi connectivity index (χ2n) is 5.11. The van der Waals surface area contributed by atoms with Crippen molar-refractivity contribution < 1.29 is 10.0 Å². The average molecular weight is 298 g/mol. The number of non-ortho nitro benzene ring substituents is 1. The monoisotopic (exact) mass is 298 g/mol. The molecular formula is C17H18N2O3. The highest BCUT2D eigenvalue weighted by Crippen LogP contribution is 2.24. The Kier molecular flexibility index (Phi) is 4.88. The van der Waals surface area contributed by atoms with Crippen LogP contribution in [0.3, 0.4) is 0 Å². The fourth-order valence-corrected chi connectivity index (χ4v) is 2.14. The fourth-order valence-electron chi connectivity index (χ4n) is 2.14. The first kappa shape index (κ1) is 15.7. The van der Waals surface area contributed by atoms with Crippen molar-refractivity contribution in [2.75, 3.05) is 0 Å². The molecule has 0 saturated carbocycles. The van der Waals surface area contributed by atoms with Gasteiger partial charge in [0.05, 0.1) is 11.0 Å². The van der Waals surface area contributed by atoms with Gasteiger partial charge in [0, 0.05) is 23.9 Å². The van der Waals surface area contributed by atoms with Gasteiger partial charge in [0.25, 0.3) is 5.69 Å². The van der Waals surface area contributed by atoms with Gasteiger partial charge >= 0.3 is 0 Å². The van der Waals surface area contributed by atoms with Crippen LogP contribution in [0.2, 0.25) is 0 Å². The van der Waals surface area contributed by atoms with Gasteiger partial charge in [-0.1, -0.05) is 36.8 Å². The van der Waals surface area contributed by atoms with Crippen LogP contribution in [0.1, 0.15) is 36.1 Å². The average Bonchev–Trinajstić information content (AvgIpc) is 2.50. The quantitative estimate of drug-likeness (QED) is 0.511. The minimum absolute atomic E-state index is 0.0203. The molecule has 0 radical (unpaired) electrons. The molecule has 0 bridgehead atoms. The summed E-state index contributed by atoms with van der Waals surface area (Å²) >= 11 is 0. The Balaban J connectivity index is 2.27. The molecule has 2 rings (SSSR count). The lowest BCUT2D eigenvalue weighted by Gasteiger charge is -2.10. The summed E-state index contributed by atoms with van der Waals surface area (Å²) in [6.45, 7) is 4.05. The van der Waals surface area contributed by atoms with E-state index in [0.717, 1.165) is 12.0 Å². The van der Waals surface area contributed by atoms with Gasteiger partial charge in [-0.25, -0.2) is 0 Å². The van der Waals surface area contributed by atoms with E-state index in [2.05, 4.69) is 4.99 Å². The third kappa shape index (κ3) is 3.69. The van der Waals surface area contributed by atoms with Gasteiger partial charge in [0.2, 0.25) is 0 Å². The van der Waals surface area contributed by atoms with E-state index in [1.807, 2.05) is 38.1 Å². The van der Waals surface area contributed by atoms with E-state index in [9.17, 15) is 15.2 Å². The summed E-state index contributed by atoms with van der Waals surface area (Å²) in [7, 11) is 0. The van der Waals surface area contributed by atoms with E-state index >= 15 is 0 Å². The number of rotatable bonds is 5. The molecule has 2 aromatic rings. The number of aromatic hydroxyl groups is 1. The predicted octanol–water partition coefficient (Wildman–Crippen LogP) is 4.18. The predicted molar refractivity (Wildman–Crippen MR) is 86.6 cm³/mol. The SMILES string of the molecule is CC[C@H](N=Cc1cc([N+](=O)[O-])ccc1O)c1ccc(C)cc1. The number of nitrogens with zero attached hydrogens (tertiary/aromatic N) is 2. The van der Waals surface area contributed by atoms with Crippen molar-refractivity contribution in [3.63, 3.8) is 0 Å². The number of nitro groups is 1. The van der Waals surface area contributed by atoms with Crippen molar-refractivity contribution in [2.24, 2.45) is 4.99 Å². The molecule has 22 heavy (non-hydrogen) atoms. The van der Waals surface area contributed by atoms with Crippen LogP contribution >= 0.6 is 0 Å². The molecule has 0 fully saturated rings. The largest absolute Gasteiger partial charge is 0.507 e. The van der Waals surface area contributed by atoms with Gasteiger partial charge in [-0.2, -0.15) is 0 Å². The van der Waals surface area contributed by atoms with Crippen molar-refractivity contribution in [2.45, 2.75) is 26.3 Å². The molecule has 114 valence electrons. The normalized spacial score (nSPS) is 12.5. The molecule has 0 amide bonds. The first-order valence-corrected chi connectivity index (χ1v) is 7.08. The first-order valence-electron chi connectivity index (χ1n) is 7.08. The van der Waals surface area contributed by atoms with Crippen LogP contribution < -0.4 is 0 Å². The number of aryl methyl sites for hydroxylation is 1. The first-order chi connectivity index (χ1) is 10.5. The molecule has 0 spiro atoms. The zero-order valence-corrected chi connectivity index (χ0v) is 12.6. The molecule has 0 unspecified atom stereocenters. The summed E-state index contributed by atoms with van der Waals surface area (Å²) in [6, 6.07) is 12.0. The van der Waals surface area contributed by atoms with E-state index < -0.39 is 4.92 Å². The Morgan fingerprint density at radius 3 is 2.55 bits per heavy atom. The standard InChI is InChI=1S/C17H18N2O3/c1-3-16(13-6-4-12(2)5-7-13)18-11-14-10-15(19(21)22)8-9-17(14)20/h4-11,16,20H,3H2,1-2H3/t16-/m0/s1. The van der Waals surface area contributed by atoms with Crippen molar-refractivity contribution in [3.05, 3.63) is 69.3 Å². The van der Waals surface area contributed by atoms with Crippen molar-refractivity contribution >= 4 is 11.9 Å². The molecule has 0 aliphatic heterocycles. The Hall–Kier alpha value is -2.69. The molecule has 0 aromatic heterocycles. The van der Waals surface area contributed by atoms with Gasteiger partial charge < -0.3 is 5.11 Å². The second kappa shape index (κ2) is 6.85. The summed E-state index contributed by atoms with van der Waals surface area (Å²) in [5, 5.41) is 20.6. The molecule has 0 saturated heterocycles. The van der Waals surface area contributed by atoms with E-state index in [1.54, 1.807) is 0 Å². The number of benzene rings is 2. The number of hydrogen-bond donors (Lipinski definition) is 1. The van der Waals surface area contributed by atoms with Crippen LogP contribution in [0.5, 0.6) is 5.75 Å². The minimum Gasteiger partial charge on any atom is -0.507 e. The number of phenols is 1. The Morgan fingerprint density at radius 2 is 1.95 bits per heavy atom. The van der Waals surface area contributed by atoms with Gasteiger partial charge in [0.15, 0.2) is 0 Å². The van der Waals surface area contributed by atoms with E-state index in [0.29, 0.717) is 5.56 Å². The second-order valence-corrected chi connectivity index (χ2v) is 5.11. The van der Waals surface area contributed by atoms with Crippen molar-refractivity contribution in [3.8, 4) is 5.75 Å². The van der Waals surface area contributed by atoms with Crippen LogP contribution in [-0.4, -0.2) is 16.2 Å². The van der Waals surface area contributed by atoms with Crippen LogP contribution in [0.15, 0.2) is 47.5 Å². The number of aliphatic imine (C=N–C) groups is 1.